The molecule has 0 aliphatic carbocycles. The number of carbonyl (C=O) groups is 1. The summed E-state index contributed by atoms with van der Waals surface area (Å²) in [5.74, 6) is -0.164. The molecule has 0 aromatic carbocycles. The van der Waals surface area contributed by atoms with Gasteiger partial charge in [-0.05, 0) is 20.8 Å². The summed E-state index contributed by atoms with van der Waals surface area (Å²) in [4.78, 5) is 14.2. The maximum absolute atomic E-state index is 12.0. The monoisotopic (exact) mass is 272 g/mol. The van der Waals surface area contributed by atoms with E-state index in [0.717, 1.165) is 13.1 Å². The summed E-state index contributed by atoms with van der Waals surface area (Å²) in [6.07, 6.45) is 0.427. The number of hydrogen-bond acceptors (Lipinski definition) is 5. The van der Waals surface area contributed by atoms with Crippen LogP contribution < -0.4 is 5.32 Å². The van der Waals surface area contributed by atoms with Crippen LogP contribution in [0.25, 0.3) is 0 Å². The van der Waals surface area contributed by atoms with E-state index >= 15 is 0 Å². The molecule has 1 N–H and O–H groups in total. The van der Waals surface area contributed by atoms with Gasteiger partial charge in [0.25, 0.3) is 0 Å². The maximum atomic E-state index is 12.0. The van der Waals surface area contributed by atoms with Crippen molar-refractivity contribution >= 4 is 5.97 Å². The highest BCUT2D eigenvalue weighted by molar-refractivity contribution is 5.76. The SMILES string of the molecule is CCOC(=O)C(CN1C[C@@H](C)O[C@@H](C)C1)NC(C)C. The first kappa shape index (κ1) is 16.4. The highest BCUT2D eigenvalue weighted by atomic mass is 16.5. The molecule has 19 heavy (non-hydrogen) atoms. The van der Waals surface area contributed by atoms with Crippen molar-refractivity contribution in [3.63, 3.8) is 0 Å². The van der Waals surface area contributed by atoms with Crippen LogP contribution in [-0.4, -0.2) is 61.4 Å². The number of nitrogens with zero attached hydrogens (tertiary/aromatic N) is 1. The molecule has 5 heteroatoms. The molecule has 0 radical (unpaired) electrons. The van der Waals surface area contributed by atoms with Gasteiger partial charge in [-0.15, -0.1) is 0 Å². The second kappa shape index (κ2) is 7.82. The van der Waals surface area contributed by atoms with E-state index in [2.05, 4.69) is 24.1 Å². The van der Waals surface area contributed by atoms with Crippen molar-refractivity contribution in [1.82, 2.24) is 10.2 Å². The molecule has 1 saturated heterocycles. The topological polar surface area (TPSA) is 50.8 Å². The molecule has 112 valence electrons. The van der Waals surface area contributed by atoms with Gasteiger partial charge in [-0.1, -0.05) is 13.8 Å². The number of rotatable bonds is 6. The summed E-state index contributed by atoms with van der Waals surface area (Å²) in [6, 6.07) is -0.0113. The molecule has 1 rings (SSSR count). The molecular weight excluding hydrogens is 244 g/mol. The third kappa shape index (κ3) is 5.89. The zero-order chi connectivity index (χ0) is 14.4. The zero-order valence-electron chi connectivity index (χ0n) is 12.8. The molecule has 1 aliphatic rings. The Morgan fingerprint density at radius 3 is 2.42 bits per heavy atom. The Kier molecular flexibility index (Phi) is 6.75. The van der Waals surface area contributed by atoms with E-state index in [9.17, 15) is 4.79 Å². The van der Waals surface area contributed by atoms with Gasteiger partial charge < -0.3 is 14.8 Å². The molecule has 1 fully saturated rings. The van der Waals surface area contributed by atoms with Crippen molar-refractivity contribution in [3.8, 4) is 0 Å². The average molecular weight is 272 g/mol. The van der Waals surface area contributed by atoms with E-state index in [4.69, 9.17) is 9.47 Å². The van der Waals surface area contributed by atoms with Crippen LogP contribution in [0.2, 0.25) is 0 Å². The highest BCUT2D eigenvalue weighted by Gasteiger charge is 2.28. The molecule has 1 aliphatic heterocycles. The van der Waals surface area contributed by atoms with E-state index < -0.39 is 0 Å². The molecule has 0 amide bonds. The van der Waals surface area contributed by atoms with Gasteiger partial charge in [-0.2, -0.15) is 0 Å². The summed E-state index contributed by atoms with van der Waals surface area (Å²) >= 11 is 0. The van der Waals surface area contributed by atoms with E-state index in [1.54, 1.807) is 0 Å². The van der Waals surface area contributed by atoms with Gasteiger partial charge in [0.05, 0.1) is 18.8 Å². The van der Waals surface area contributed by atoms with Crippen molar-refractivity contribution in [2.75, 3.05) is 26.2 Å². The van der Waals surface area contributed by atoms with Crippen molar-refractivity contribution in [2.45, 2.75) is 58.9 Å². The standard InChI is InChI=1S/C14H28N2O3/c1-6-18-14(17)13(15-10(2)3)9-16-7-11(4)19-12(5)8-16/h10-13,15H,6-9H2,1-5H3/t11-,12+,13?. The number of carbonyl (C=O) groups excluding carboxylic acids is 1. The smallest absolute Gasteiger partial charge is 0.324 e. The van der Waals surface area contributed by atoms with Gasteiger partial charge in [-0.25, -0.2) is 0 Å². The van der Waals surface area contributed by atoms with Crippen LogP contribution >= 0.6 is 0 Å². The van der Waals surface area contributed by atoms with Crippen LogP contribution in [-0.2, 0) is 14.3 Å². The van der Waals surface area contributed by atoms with Crippen molar-refractivity contribution < 1.29 is 14.3 Å². The minimum atomic E-state index is -0.266. The minimum absolute atomic E-state index is 0.164. The van der Waals surface area contributed by atoms with Crippen LogP contribution in [0, 0.1) is 0 Å². The van der Waals surface area contributed by atoms with Crippen molar-refractivity contribution in [1.29, 1.82) is 0 Å². The lowest BCUT2D eigenvalue weighted by Gasteiger charge is -2.37. The van der Waals surface area contributed by atoms with Gasteiger partial charge in [0.2, 0.25) is 0 Å². The molecule has 0 bridgehead atoms. The largest absolute Gasteiger partial charge is 0.465 e. The Morgan fingerprint density at radius 2 is 1.95 bits per heavy atom. The molecule has 3 atom stereocenters. The van der Waals surface area contributed by atoms with Gasteiger partial charge in [0.1, 0.15) is 6.04 Å². The fourth-order valence-electron chi connectivity index (χ4n) is 2.53. The highest BCUT2D eigenvalue weighted by Crippen LogP contribution is 2.11. The number of ether oxygens (including phenoxy) is 2. The van der Waals surface area contributed by atoms with E-state index in [1.165, 1.54) is 0 Å². The first-order valence-electron chi connectivity index (χ1n) is 7.22. The van der Waals surface area contributed by atoms with Gasteiger partial charge in [-0.3, -0.25) is 9.69 Å². The number of morpholine rings is 1. The Morgan fingerprint density at radius 1 is 1.37 bits per heavy atom. The normalized spacial score (nSPS) is 26.4. The van der Waals surface area contributed by atoms with E-state index in [1.807, 2.05) is 20.8 Å². The second-order valence-corrected chi connectivity index (χ2v) is 5.60. The van der Waals surface area contributed by atoms with Gasteiger partial charge in [0.15, 0.2) is 0 Å². The van der Waals surface area contributed by atoms with Crippen molar-refractivity contribution in [3.05, 3.63) is 0 Å². The summed E-state index contributed by atoms with van der Waals surface area (Å²) in [5.41, 5.74) is 0. The average Bonchev–Trinajstić information content (AvgIpc) is 2.26. The van der Waals surface area contributed by atoms with Crippen LogP contribution in [0.4, 0.5) is 0 Å². The Bertz CT molecular complexity index is 274. The molecule has 0 aromatic heterocycles. The van der Waals surface area contributed by atoms with E-state index in [0.29, 0.717) is 13.2 Å². The van der Waals surface area contributed by atoms with Gasteiger partial charge >= 0.3 is 5.97 Å². The molecule has 1 unspecified atom stereocenters. The molecule has 5 nitrogen and oxygen atoms in total. The molecule has 0 saturated carbocycles. The third-order valence-electron chi connectivity index (χ3n) is 3.04. The first-order chi connectivity index (χ1) is 8.92. The lowest BCUT2D eigenvalue weighted by atomic mass is 10.2. The quantitative estimate of drug-likeness (QED) is 0.732. The fourth-order valence-corrected chi connectivity index (χ4v) is 2.53. The number of nitrogens with one attached hydrogen (secondary N) is 1. The third-order valence-corrected chi connectivity index (χ3v) is 3.04. The van der Waals surface area contributed by atoms with Crippen LogP contribution in [0.15, 0.2) is 0 Å². The second-order valence-electron chi connectivity index (χ2n) is 5.60. The molecule has 1 heterocycles. The summed E-state index contributed by atoms with van der Waals surface area (Å²) in [7, 11) is 0. The molecule has 0 spiro atoms. The van der Waals surface area contributed by atoms with Crippen molar-refractivity contribution in [2.24, 2.45) is 0 Å². The zero-order valence-corrected chi connectivity index (χ0v) is 12.8. The lowest BCUT2D eigenvalue weighted by Crippen LogP contribution is -2.54. The fraction of sp³-hybridized carbons (Fsp3) is 0.929. The number of esters is 1. The van der Waals surface area contributed by atoms with Crippen LogP contribution in [0.3, 0.4) is 0 Å². The lowest BCUT2D eigenvalue weighted by molar-refractivity contribution is -0.147. The maximum Gasteiger partial charge on any atom is 0.324 e. The number of hydrogen-bond donors (Lipinski definition) is 1. The van der Waals surface area contributed by atoms with Gasteiger partial charge in [0, 0.05) is 25.7 Å². The van der Waals surface area contributed by atoms with Crippen LogP contribution in [0.1, 0.15) is 34.6 Å². The summed E-state index contributed by atoms with van der Waals surface area (Å²) in [5, 5.41) is 3.28. The Balaban J connectivity index is 2.57. The van der Waals surface area contributed by atoms with Crippen LogP contribution in [0.5, 0.6) is 0 Å². The Hall–Kier alpha value is -0.650. The van der Waals surface area contributed by atoms with E-state index in [-0.39, 0.29) is 30.3 Å². The predicted molar refractivity (Wildman–Crippen MR) is 75.1 cm³/mol. The minimum Gasteiger partial charge on any atom is -0.465 e. The molecule has 0 aromatic rings. The Labute approximate surface area is 116 Å². The predicted octanol–water partition coefficient (Wildman–Crippen LogP) is 1.03. The molecular formula is C14H28N2O3. The summed E-state index contributed by atoms with van der Waals surface area (Å²) in [6.45, 7) is 12.9. The first-order valence-corrected chi connectivity index (χ1v) is 7.22. The summed E-state index contributed by atoms with van der Waals surface area (Å²) < 4.78 is 10.8.